The molecule has 11 heavy (non-hydrogen) atoms. The van der Waals surface area contributed by atoms with Gasteiger partial charge in [0.05, 0.1) is 6.26 Å². The lowest BCUT2D eigenvalue weighted by atomic mass is 10.3. The SMILES string of the molecule is C#CC1OC=C1OS(C)(=O)=O. The van der Waals surface area contributed by atoms with E-state index in [-0.39, 0.29) is 5.76 Å². The second kappa shape index (κ2) is 2.47. The van der Waals surface area contributed by atoms with Gasteiger partial charge >= 0.3 is 10.1 Å². The van der Waals surface area contributed by atoms with Gasteiger partial charge in [-0.15, -0.1) is 6.42 Å². The second-order valence-electron chi connectivity index (χ2n) is 1.99. The van der Waals surface area contributed by atoms with E-state index in [1.165, 1.54) is 6.26 Å². The number of hydrogen-bond donors (Lipinski definition) is 0. The van der Waals surface area contributed by atoms with E-state index in [2.05, 4.69) is 14.8 Å². The van der Waals surface area contributed by atoms with E-state index in [0.29, 0.717) is 0 Å². The Morgan fingerprint density at radius 3 is 2.73 bits per heavy atom. The fourth-order valence-corrected chi connectivity index (χ4v) is 1.03. The van der Waals surface area contributed by atoms with Gasteiger partial charge in [0.2, 0.25) is 11.9 Å². The van der Waals surface area contributed by atoms with E-state index in [1.807, 2.05) is 0 Å². The number of hydrogen-bond acceptors (Lipinski definition) is 4. The number of ether oxygens (including phenoxy) is 1. The molecule has 60 valence electrons. The summed E-state index contributed by atoms with van der Waals surface area (Å²) >= 11 is 0. The van der Waals surface area contributed by atoms with Gasteiger partial charge in [0.1, 0.15) is 6.26 Å². The first-order valence-electron chi connectivity index (χ1n) is 2.74. The monoisotopic (exact) mass is 174 g/mol. The molecule has 0 fully saturated rings. The van der Waals surface area contributed by atoms with Crippen LogP contribution in [0.5, 0.6) is 0 Å². The highest BCUT2D eigenvalue weighted by Gasteiger charge is 2.26. The summed E-state index contributed by atoms with van der Waals surface area (Å²) in [5.74, 6) is 2.36. The van der Waals surface area contributed by atoms with Crippen LogP contribution < -0.4 is 0 Å². The van der Waals surface area contributed by atoms with Gasteiger partial charge < -0.3 is 8.92 Å². The molecule has 0 N–H and O–H groups in total. The molecule has 0 aromatic rings. The molecule has 1 unspecified atom stereocenters. The normalized spacial score (nSPS) is 22.2. The summed E-state index contributed by atoms with van der Waals surface area (Å²) in [4.78, 5) is 0. The highest BCUT2D eigenvalue weighted by atomic mass is 32.2. The summed E-state index contributed by atoms with van der Waals surface area (Å²) in [5.41, 5.74) is 0. The molecule has 0 saturated carbocycles. The van der Waals surface area contributed by atoms with Crippen LogP contribution in [-0.4, -0.2) is 20.8 Å². The van der Waals surface area contributed by atoms with Gasteiger partial charge in [-0.2, -0.15) is 8.42 Å². The molecule has 0 aromatic carbocycles. The quantitative estimate of drug-likeness (QED) is 0.431. The zero-order chi connectivity index (χ0) is 8.48. The minimum atomic E-state index is -3.47. The van der Waals surface area contributed by atoms with E-state index in [9.17, 15) is 8.42 Å². The Hall–Kier alpha value is -1.15. The molecule has 1 aliphatic heterocycles. The smallest absolute Gasteiger partial charge is 0.306 e. The van der Waals surface area contributed by atoms with Crippen molar-refractivity contribution in [1.29, 1.82) is 0 Å². The third-order valence-electron chi connectivity index (χ3n) is 0.978. The van der Waals surface area contributed by atoms with Gasteiger partial charge in [-0.1, -0.05) is 5.92 Å². The van der Waals surface area contributed by atoms with E-state index in [0.717, 1.165) is 6.26 Å². The van der Waals surface area contributed by atoms with Gasteiger partial charge in [-0.25, -0.2) is 0 Å². The van der Waals surface area contributed by atoms with Crippen LogP contribution in [0.4, 0.5) is 0 Å². The average Bonchev–Trinajstić information content (AvgIpc) is 1.80. The molecule has 0 spiro atoms. The van der Waals surface area contributed by atoms with Crippen LogP contribution in [0.1, 0.15) is 0 Å². The third-order valence-corrected chi connectivity index (χ3v) is 1.47. The van der Waals surface area contributed by atoms with E-state index >= 15 is 0 Å². The summed E-state index contributed by atoms with van der Waals surface area (Å²) in [6.45, 7) is 0. The Kier molecular flexibility index (Phi) is 1.79. The molecule has 4 nitrogen and oxygen atoms in total. The van der Waals surface area contributed by atoms with E-state index < -0.39 is 16.2 Å². The lowest BCUT2D eigenvalue weighted by Gasteiger charge is -2.21. The summed E-state index contributed by atoms with van der Waals surface area (Å²) < 4.78 is 30.1. The predicted octanol–water partition coefficient (Wildman–Crippen LogP) is -0.164. The Morgan fingerprint density at radius 1 is 1.82 bits per heavy atom. The van der Waals surface area contributed by atoms with Crippen molar-refractivity contribution in [2.24, 2.45) is 0 Å². The van der Waals surface area contributed by atoms with Crippen LogP contribution in [0.3, 0.4) is 0 Å². The maximum Gasteiger partial charge on any atom is 0.306 e. The van der Waals surface area contributed by atoms with Crippen molar-refractivity contribution in [2.75, 3.05) is 6.26 Å². The Balaban J connectivity index is 2.62. The molecule has 0 radical (unpaired) electrons. The summed E-state index contributed by atoms with van der Waals surface area (Å²) in [7, 11) is -3.47. The molecular weight excluding hydrogens is 168 g/mol. The van der Waals surface area contributed by atoms with Crippen molar-refractivity contribution in [2.45, 2.75) is 6.10 Å². The molecule has 0 amide bonds. The zero-order valence-corrected chi connectivity index (χ0v) is 6.59. The van der Waals surface area contributed by atoms with Crippen LogP contribution in [0.15, 0.2) is 12.0 Å². The highest BCUT2D eigenvalue weighted by Crippen LogP contribution is 2.20. The van der Waals surface area contributed by atoms with Gasteiger partial charge in [0.25, 0.3) is 0 Å². The lowest BCUT2D eigenvalue weighted by molar-refractivity contribution is 0.110. The summed E-state index contributed by atoms with van der Waals surface area (Å²) in [5, 5.41) is 0. The largest absolute Gasteiger partial charge is 0.473 e. The first-order valence-corrected chi connectivity index (χ1v) is 4.55. The van der Waals surface area contributed by atoms with Crippen molar-refractivity contribution < 1.29 is 17.3 Å². The summed E-state index contributed by atoms with van der Waals surface area (Å²) in [6.07, 6.45) is 6.42. The standard InChI is InChI=1S/C6H6O4S/c1-3-5-6(4-9-5)10-11(2,7)8/h1,4-5H,2H3. The molecule has 5 heteroatoms. The third kappa shape index (κ3) is 1.88. The number of rotatable bonds is 2. The molecule has 1 aliphatic rings. The lowest BCUT2D eigenvalue weighted by Crippen LogP contribution is -2.24. The highest BCUT2D eigenvalue weighted by molar-refractivity contribution is 7.86. The Bertz CT molecular complexity index is 319. The minimum Gasteiger partial charge on any atom is -0.473 e. The van der Waals surface area contributed by atoms with E-state index in [4.69, 9.17) is 6.42 Å². The van der Waals surface area contributed by atoms with Crippen molar-refractivity contribution in [3.63, 3.8) is 0 Å². The van der Waals surface area contributed by atoms with Crippen molar-refractivity contribution in [3.05, 3.63) is 12.0 Å². The fourth-order valence-electron chi connectivity index (χ4n) is 0.551. The first-order chi connectivity index (χ1) is 5.03. The molecular formula is C6H6O4S. The van der Waals surface area contributed by atoms with Gasteiger partial charge in [0.15, 0.2) is 0 Å². The van der Waals surface area contributed by atoms with Crippen LogP contribution in [-0.2, 0) is 19.0 Å². The predicted molar refractivity (Wildman–Crippen MR) is 37.7 cm³/mol. The van der Waals surface area contributed by atoms with Crippen molar-refractivity contribution in [1.82, 2.24) is 0 Å². The molecule has 0 bridgehead atoms. The molecule has 0 aromatic heterocycles. The topological polar surface area (TPSA) is 52.6 Å². The molecule has 1 rings (SSSR count). The van der Waals surface area contributed by atoms with Gasteiger partial charge in [0, 0.05) is 0 Å². The molecule has 0 saturated heterocycles. The Labute approximate surface area is 64.9 Å². The summed E-state index contributed by atoms with van der Waals surface area (Å²) in [6, 6.07) is 0. The van der Waals surface area contributed by atoms with Crippen LogP contribution in [0.2, 0.25) is 0 Å². The average molecular weight is 174 g/mol. The van der Waals surface area contributed by atoms with Crippen LogP contribution in [0.25, 0.3) is 0 Å². The minimum absolute atomic E-state index is 0.162. The maximum atomic E-state index is 10.5. The van der Waals surface area contributed by atoms with Crippen LogP contribution >= 0.6 is 0 Å². The first kappa shape index (κ1) is 7.95. The van der Waals surface area contributed by atoms with Gasteiger partial charge in [-0.3, -0.25) is 0 Å². The Morgan fingerprint density at radius 2 is 2.45 bits per heavy atom. The zero-order valence-electron chi connectivity index (χ0n) is 5.77. The second-order valence-corrected chi connectivity index (χ2v) is 3.57. The molecule has 1 heterocycles. The van der Waals surface area contributed by atoms with Crippen LogP contribution in [0, 0.1) is 12.3 Å². The molecule has 1 atom stereocenters. The van der Waals surface area contributed by atoms with Crippen molar-refractivity contribution >= 4 is 10.1 Å². The van der Waals surface area contributed by atoms with Crippen molar-refractivity contribution in [3.8, 4) is 12.3 Å². The van der Waals surface area contributed by atoms with E-state index in [1.54, 1.807) is 0 Å². The molecule has 0 aliphatic carbocycles. The van der Waals surface area contributed by atoms with Gasteiger partial charge in [-0.05, 0) is 0 Å². The maximum absolute atomic E-state index is 10.5. The number of terminal acetylenes is 1. The fraction of sp³-hybridized carbons (Fsp3) is 0.333.